The Kier molecular flexibility index (Phi) is 4.29. The highest BCUT2D eigenvalue weighted by molar-refractivity contribution is 5.86. The summed E-state index contributed by atoms with van der Waals surface area (Å²) < 4.78 is 4.63. The lowest BCUT2D eigenvalue weighted by Crippen LogP contribution is -2.05. The van der Waals surface area contributed by atoms with Crippen LogP contribution in [0.3, 0.4) is 0 Å². The fourth-order valence-corrected chi connectivity index (χ4v) is 2.02. The Morgan fingerprint density at radius 1 is 1.21 bits per heavy atom. The number of carbonyl (C=O) groups excluding carboxylic acids is 1. The first-order valence-electron chi connectivity index (χ1n) is 6.29. The highest BCUT2D eigenvalue weighted by Crippen LogP contribution is 2.19. The van der Waals surface area contributed by atoms with Crippen LogP contribution in [-0.4, -0.2) is 18.1 Å². The van der Waals surface area contributed by atoms with Crippen LogP contribution in [0.15, 0.2) is 48.7 Å². The molecule has 0 fully saturated rings. The second kappa shape index (κ2) is 6.14. The summed E-state index contributed by atoms with van der Waals surface area (Å²) in [5, 5.41) is 0. The van der Waals surface area contributed by atoms with Gasteiger partial charge in [0.15, 0.2) is 0 Å². The summed E-state index contributed by atoms with van der Waals surface area (Å²) >= 11 is 0. The first-order chi connectivity index (χ1) is 9.20. The van der Waals surface area contributed by atoms with Gasteiger partial charge in [-0.2, -0.15) is 0 Å². The van der Waals surface area contributed by atoms with Crippen molar-refractivity contribution < 1.29 is 9.53 Å². The fourth-order valence-electron chi connectivity index (χ4n) is 2.02. The topological polar surface area (TPSA) is 39.2 Å². The van der Waals surface area contributed by atoms with Crippen molar-refractivity contribution in [1.82, 2.24) is 4.98 Å². The van der Waals surface area contributed by atoms with E-state index in [0.717, 1.165) is 12.0 Å². The zero-order valence-electron chi connectivity index (χ0n) is 11.2. The third-order valence-electron chi connectivity index (χ3n) is 3.13. The first-order valence-corrected chi connectivity index (χ1v) is 6.29. The molecule has 3 nitrogen and oxygen atoms in total. The van der Waals surface area contributed by atoms with Gasteiger partial charge < -0.3 is 4.74 Å². The zero-order valence-corrected chi connectivity index (χ0v) is 11.2. The second-order valence-electron chi connectivity index (χ2n) is 4.56. The molecule has 0 saturated carbocycles. The molecule has 0 bridgehead atoms. The average molecular weight is 255 g/mol. The molecule has 2 rings (SSSR count). The summed E-state index contributed by atoms with van der Waals surface area (Å²) in [7, 11) is 1.36. The molecule has 0 N–H and O–H groups in total. The summed E-state index contributed by atoms with van der Waals surface area (Å²) in [6, 6.07) is 14.0. The third-order valence-corrected chi connectivity index (χ3v) is 3.13. The van der Waals surface area contributed by atoms with Crippen LogP contribution in [0.25, 0.3) is 0 Å². The number of carbonyl (C=O) groups is 1. The molecule has 1 heterocycles. The number of hydrogen-bond acceptors (Lipinski definition) is 3. The van der Waals surface area contributed by atoms with E-state index in [1.165, 1.54) is 12.7 Å². The molecule has 3 heteroatoms. The van der Waals surface area contributed by atoms with Crippen molar-refractivity contribution >= 4 is 5.97 Å². The van der Waals surface area contributed by atoms with Crippen molar-refractivity contribution in [2.45, 2.75) is 19.3 Å². The summed E-state index contributed by atoms with van der Waals surface area (Å²) in [4.78, 5) is 15.4. The smallest absolute Gasteiger partial charge is 0.356 e. The highest BCUT2D eigenvalue weighted by Gasteiger charge is 2.09. The van der Waals surface area contributed by atoms with E-state index < -0.39 is 5.97 Å². The summed E-state index contributed by atoms with van der Waals surface area (Å²) in [6.45, 7) is 2.18. The van der Waals surface area contributed by atoms with Gasteiger partial charge in [-0.05, 0) is 29.5 Å². The number of ether oxygens (including phenoxy) is 1. The van der Waals surface area contributed by atoms with E-state index >= 15 is 0 Å². The van der Waals surface area contributed by atoms with E-state index in [0.29, 0.717) is 11.6 Å². The van der Waals surface area contributed by atoms with Gasteiger partial charge in [-0.1, -0.05) is 43.3 Å². The Bertz CT molecular complexity index is 534. The van der Waals surface area contributed by atoms with Gasteiger partial charge in [0.05, 0.1) is 7.11 Å². The van der Waals surface area contributed by atoms with Gasteiger partial charge in [0.25, 0.3) is 0 Å². The van der Waals surface area contributed by atoms with E-state index in [-0.39, 0.29) is 0 Å². The van der Waals surface area contributed by atoms with Crippen LogP contribution < -0.4 is 0 Å². The number of benzene rings is 1. The Morgan fingerprint density at radius 3 is 2.53 bits per heavy atom. The van der Waals surface area contributed by atoms with Crippen LogP contribution in [0.2, 0.25) is 0 Å². The molecule has 0 saturated heterocycles. The summed E-state index contributed by atoms with van der Waals surface area (Å²) in [5.41, 5.74) is 2.77. The summed E-state index contributed by atoms with van der Waals surface area (Å²) in [5.74, 6) is 0.0228. The predicted octanol–water partition coefficient (Wildman–Crippen LogP) is 3.21. The van der Waals surface area contributed by atoms with Crippen LogP contribution in [0, 0.1) is 0 Å². The minimum absolute atomic E-state index is 0.346. The lowest BCUT2D eigenvalue weighted by molar-refractivity contribution is 0.0594. The molecule has 1 aromatic carbocycles. The molecule has 0 aliphatic heterocycles. The number of hydrogen-bond donors (Lipinski definition) is 0. The Balaban J connectivity index is 2.06. The van der Waals surface area contributed by atoms with E-state index in [1.807, 2.05) is 24.3 Å². The SMILES string of the molecule is COC(=O)c1ccc(C[C@H](C)c2ccccc2)cn1. The summed E-state index contributed by atoms with van der Waals surface area (Å²) in [6.07, 6.45) is 2.64. The molecule has 0 radical (unpaired) electrons. The number of rotatable bonds is 4. The van der Waals surface area contributed by atoms with Crippen molar-refractivity contribution in [2.75, 3.05) is 7.11 Å². The van der Waals surface area contributed by atoms with E-state index in [1.54, 1.807) is 12.3 Å². The molecule has 1 atom stereocenters. The Hall–Kier alpha value is -2.16. The van der Waals surface area contributed by atoms with Crippen molar-refractivity contribution in [3.63, 3.8) is 0 Å². The maximum atomic E-state index is 11.3. The monoisotopic (exact) mass is 255 g/mol. The van der Waals surface area contributed by atoms with Crippen LogP contribution >= 0.6 is 0 Å². The van der Waals surface area contributed by atoms with Crippen LogP contribution in [0.5, 0.6) is 0 Å². The van der Waals surface area contributed by atoms with Crippen LogP contribution in [-0.2, 0) is 11.2 Å². The van der Waals surface area contributed by atoms with Crippen molar-refractivity contribution in [3.05, 3.63) is 65.5 Å². The molecule has 0 unspecified atom stereocenters. The number of esters is 1. The van der Waals surface area contributed by atoms with Gasteiger partial charge >= 0.3 is 5.97 Å². The quantitative estimate of drug-likeness (QED) is 0.787. The maximum absolute atomic E-state index is 11.3. The van der Waals surface area contributed by atoms with Crippen molar-refractivity contribution in [3.8, 4) is 0 Å². The molecular formula is C16H17NO2. The van der Waals surface area contributed by atoms with E-state index in [9.17, 15) is 4.79 Å². The average Bonchev–Trinajstić information content (AvgIpc) is 2.48. The van der Waals surface area contributed by atoms with E-state index in [4.69, 9.17) is 0 Å². The first kappa shape index (κ1) is 13.3. The van der Waals surface area contributed by atoms with Crippen LogP contribution in [0.4, 0.5) is 0 Å². The Morgan fingerprint density at radius 2 is 1.95 bits per heavy atom. The molecular weight excluding hydrogens is 238 g/mol. The van der Waals surface area contributed by atoms with Crippen molar-refractivity contribution in [2.24, 2.45) is 0 Å². The highest BCUT2D eigenvalue weighted by atomic mass is 16.5. The van der Waals surface area contributed by atoms with Gasteiger partial charge in [0, 0.05) is 6.20 Å². The molecule has 0 spiro atoms. The van der Waals surface area contributed by atoms with Crippen LogP contribution in [0.1, 0.15) is 34.5 Å². The molecule has 0 amide bonds. The zero-order chi connectivity index (χ0) is 13.7. The van der Waals surface area contributed by atoms with E-state index in [2.05, 4.69) is 28.8 Å². The minimum Gasteiger partial charge on any atom is -0.464 e. The molecule has 1 aromatic heterocycles. The standard InChI is InChI=1S/C16H17NO2/c1-12(14-6-4-3-5-7-14)10-13-8-9-15(17-11-13)16(18)19-2/h3-9,11-12H,10H2,1-2H3/t12-/m0/s1. The van der Waals surface area contributed by atoms with Gasteiger partial charge in [-0.25, -0.2) is 9.78 Å². The van der Waals surface area contributed by atoms with Crippen molar-refractivity contribution in [1.29, 1.82) is 0 Å². The van der Waals surface area contributed by atoms with Gasteiger partial charge in [-0.15, -0.1) is 0 Å². The fraction of sp³-hybridized carbons (Fsp3) is 0.250. The minimum atomic E-state index is -0.400. The molecule has 98 valence electrons. The molecule has 0 aliphatic carbocycles. The predicted molar refractivity (Wildman–Crippen MR) is 74.1 cm³/mol. The Labute approximate surface area is 113 Å². The third kappa shape index (κ3) is 3.41. The second-order valence-corrected chi connectivity index (χ2v) is 4.56. The number of pyridine rings is 1. The largest absolute Gasteiger partial charge is 0.464 e. The molecule has 19 heavy (non-hydrogen) atoms. The number of methoxy groups -OCH3 is 1. The molecule has 0 aliphatic rings. The van der Waals surface area contributed by atoms with Gasteiger partial charge in [-0.3, -0.25) is 0 Å². The maximum Gasteiger partial charge on any atom is 0.356 e. The number of nitrogens with zero attached hydrogens (tertiary/aromatic N) is 1. The molecule has 2 aromatic rings. The lowest BCUT2D eigenvalue weighted by atomic mass is 9.94. The lowest BCUT2D eigenvalue weighted by Gasteiger charge is -2.11. The number of aromatic nitrogens is 1. The van der Waals surface area contributed by atoms with Gasteiger partial charge in [0.1, 0.15) is 5.69 Å². The normalized spacial score (nSPS) is 11.9. The van der Waals surface area contributed by atoms with Gasteiger partial charge in [0.2, 0.25) is 0 Å².